The summed E-state index contributed by atoms with van der Waals surface area (Å²) in [7, 11) is 5.88. The molecule has 0 aromatic rings. The van der Waals surface area contributed by atoms with Gasteiger partial charge in [-0.05, 0) is 70.6 Å². The summed E-state index contributed by atoms with van der Waals surface area (Å²) in [6.07, 6.45) is 34.3. The van der Waals surface area contributed by atoms with E-state index in [0.29, 0.717) is 17.4 Å². The number of nitrogens with zero attached hydrogens (tertiary/aromatic N) is 1. The van der Waals surface area contributed by atoms with Gasteiger partial charge >= 0.3 is 11.9 Å². The minimum absolute atomic E-state index is 0.139. The van der Waals surface area contributed by atoms with E-state index in [0.717, 1.165) is 77.0 Å². The van der Waals surface area contributed by atoms with Gasteiger partial charge in [-0.15, -0.1) is 0 Å². The first kappa shape index (κ1) is 48.2. The van der Waals surface area contributed by atoms with Gasteiger partial charge in [0.25, 0.3) is 0 Å². The number of likely N-dealkylation sites (N-methyl/N-ethyl adjacent to an activating group) is 1. The predicted molar refractivity (Wildman–Crippen MR) is 205 cm³/mol. The Kier molecular flexibility index (Phi) is 32.5. The highest BCUT2D eigenvalue weighted by atomic mass is 16.7. The molecule has 2 atom stereocenters. The van der Waals surface area contributed by atoms with Gasteiger partial charge in [0.1, 0.15) is 13.2 Å². The third-order valence-corrected chi connectivity index (χ3v) is 8.06. The van der Waals surface area contributed by atoms with Crippen molar-refractivity contribution < 1.29 is 42.9 Å². The van der Waals surface area contributed by atoms with Gasteiger partial charge in [-0.3, -0.25) is 9.59 Å². The van der Waals surface area contributed by atoms with Crippen molar-refractivity contribution in [3.63, 3.8) is 0 Å². The summed E-state index contributed by atoms with van der Waals surface area (Å²) in [5, 5.41) is 11.6. The Hall–Kier alpha value is -2.75. The summed E-state index contributed by atoms with van der Waals surface area (Å²) in [6.45, 7) is 4.53. The Morgan fingerprint density at radius 3 is 1.71 bits per heavy atom. The smallest absolute Gasteiger partial charge is 0.306 e. The molecule has 51 heavy (non-hydrogen) atoms. The molecule has 0 spiro atoms. The minimum atomic E-state index is -1.63. The van der Waals surface area contributed by atoms with Gasteiger partial charge in [-0.1, -0.05) is 107 Å². The lowest BCUT2D eigenvalue weighted by atomic mass is 10.1. The number of ether oxygens (including phenoxy) is 4. The molecule has 0 amide bonds. The standard InChI is InChI=1S/C42H73NO8/c1-6-8-10-12-14-16-18-20-22-24-26-28-30-32-39(44)49-36-38(37-50-42(41(46)47)48-35-34-43(3,4)5)51-40(45)33-31-29-27-25-23-21-19-17-15-13-11-9-7-2/h9,11,15-18,21,23,38,42H,6-8,10,12-14,19-20,22,24-37H2,1-5H3/b11-9-,17-15-,18-16-,23-21-. The molecule has 0 saturated heterocycles. The molecule has 0 bridgehead atoms. The third kappa shape index (κ3) is 35.4. The average Bonchev–Trinajstić information content (AvgIpc) is 3.08. The second-order valence-electron chi connectivity index (χ2n) is 14.2. The van der Waals surface area contributed by atoms with E-state index >= 15 is 0 Å². The second kappa shape index (κ2) is 34.3. The molecule has 0 aromatic heterocycles. The first-order valence-corrected chi connectivity index (χ1v) is 19.8. The van der Waals surface area contributed by atoms with Gasteiger partial charge in [-0.2, -0.15) is 0 Å². The summed E-state index contributed by atoms with van der Waals surface area (Å²) in [5.74, 6) is -2.35. The topological polar surface area (TPSA) is 111 Å². The summed E-state index contributed by atoms with van der Waals surface area (Å²) in [5.41, 5.74) is 0. The number of carbonyl (C=O) groups is 3. The summed E-state index contributed by atoms with van der Waals surface area (Å²) < 4.78 is 22.4. The van der Waals surface area contributed by atoms with E-state index in [1.165, 1.54) is 32.1 Å². The quantitative estimate of drug-likeness (QED) is 0.0211. The number of rotatable bonds is 35. The molecule has 0 heterocycles. The lowest BCUT2D eigenvalue weighted by Crippen LogP contribution is -2.44. The van der Waals surface area contributed by atoms with Crippen molar-refractivity contribution in [1.82, 2.24) is 0 Å². The number of carboxylic acid groups (broad SMARTS) is 1. The van der Waals surface area contributed by atoms with Crippen LogP contribution in [0.15, 0.2) is 48.6 Å². The molecule has 0 aliphatic carbocycles. The van der Waals surface area contributed by atoms with Crippen LogP contribution in [0.2, 0.25) is 0 Å². The number of esters is 2. The van der Waals surface area contributed by atoms with Crippen LogP contribution in [0.4, 0.5) is 0 Å². The van der Waals surface area contributed by atoms with E-state index in [1.54, 1.807) is 0 Å². The number of quaternary nitrogens is 1. The normalized spacial score (nSPS) is 13.5. The fraction of sp³-hybridized carbons (Fsp3) is 0.738. The van der Waals surface area contributed by atoms with Crippen molar-refractivity contribution >= 4 is 17.9 Å². The van der Waals surface area contributed by atoms with E-state index in [9.17, 15) is 19.5 Å². The van der Waals surface area contributed by atoms with Crippen molar-refractivity contribution in [2.24, 2.45) is 0 Å². The molecule has 0 fully saturated rings. The van der Waals surface area contributed by atoms with Crippen LogP contribution in [-0.2, 0) is 33.3 Å². The fourth-order valence-corrected chi connectivity index (χ4v) is 4.95. The molecule has 0 saturated carbocycles. The predicted octanol–water partition coefficient (Wildman–Crippen LogP) is 8.32. The summed E-state index contributed by atoms with van der Waals surface area (Å²) in [6, 6.07) is 0. The number of unbranched alkanes of at least 4 members (excludes halogenated alkanes) is 12. The van der Waals surface area contributed by atoms with E-state index in [-0.39, 0.29) is 38.6 Å². The summed E-state index contributed by atoms with van der Waals surface area (Å²) >= 11 is 0. The molecule has 9 nitrogen and oxygen atoms in total. The highest BCUT2D eigenvalue weighted by Crippen LogP contribution is 2.11. The number of hydrogen-bond donors (Lipinski definition) is 0. The highest BCUT2D eigenvalue weighted by molar-refractivity contribution is 5.70. The molecular formula is C42H73NO8. The maximum Gasteiger partial charge on any atom is 0.306 e. The Bertz CT molecular complexity index is 982. The molecule has 0 aliphatic heterocycles. The number of allylic oxidation sites excluding steroid dienone is 8. The monoisotopic (exact) mass is 720 g/mol. The van der Waals surface area contributed by atoms with Crippen LogP contribution in [0, 0.1) is 0 Å². The van der Waals surface area contributed by atoms with Gasteiger partial charge < -0.3 is 33.3 Å². The zero-order valence-electron chi connectivity index (χ0n) is 33.0. The molecule has 0 aliphatic rings. The van der Waals surface area contributed by atoms with Crippen molar-refractivity contribution in [1.29, 1.82) is 0 Å². The zero-order valence-corrected chi connectivity index (χ0v) is 33.0. The molecule has 0 aromatic carbocycles. The first-order valence-electron chi connectivity index (χ1n) is 19.8. The van der Waals surface area contributed by atoms with Crippen molar-refractivity contribution in [2.75, 3.05) is 47.5 Å². The second-order valence-corrected chi connectivity index (χ2v) is 14.2. The fourth-order valence-electron chi connectivity index (χ4n) is 4.95. The molecular weight excluding hydrogens is 646 g/mol. The molecule has 0 N–H and O–H groups in total. The van der Waals surface area contributed by atoms with Gasteiger partial charge in [0, 0.05) is 12.8 Å². The molecule has 2 unspecified atom stereocenters. The third-order valence-electron chi connectivity index (χ3n) is 8.06. The maximum atomic E-state index is 12.7. The van der Waals surface area contributed by atoms with Gasteiger partial charge in [0.2, 0.25) is 0 Å². The first-order chi connectivity index (χ1) is 24.6. The van der Waals surface area contributed by atoms with Gasteiger partial charge in [0.15, 0.2) is 12.4 Å². The van der Waals surface area contributed by atoms with E-state index in [2.05, 4.69) is 62.5 Å². The minimum Gasteiger partial charge on any atom is -0.545 e. The Labute approximate surface area is 311 Å². The summed E-state index contributed by atoms with van der Waals surface area (Å²) in [4.78, 5) is 36.8. The Morgan fingerprint density at radius 1 is 0.608 bits per heavy atom. The maximum absolute atomic E-state index is 12.7. The van der Waals surface area contributed by atoms with Crippen molar-refractivity contribution in [3.8, 4) is 0 Å². The Morgan fingerprint density at radius 2 is 1.12 bits per heavy atom. The molecule has 0 rings (SSSR count). The van der Waals surface area contributed by atoms with Crippen LogP contribution >= 0.6 is 0 Å². The number of aliphatic carboxylic acids is 1. The lowest BCUT2D eigenvalue weighted by molar-refractivity contribution is -0.870. The average molecular weight is 720 g/mol. The molecule has 9 heteroatoms. The highest BCUT2D eigenvalue weighted by Gasteiger charge is 2.21. The van der Waals surface area contributed by atoms with Crippen LogP contribution in [0.5, 0.6) is 0 Å². The van der Waals surface area contributed by atoms with Crippen LogP contribution < -0.4 is 5.11 Å². The number of hydrogen-bond acceptors (Lipinski definition) is 8. The molecule has 294 valence electrons. The largest absolute Gasteiger partial charge is 0.545 e. The SMILES string of the molecule is CC/C=C\C/C=C\C/C=C\CCCCCC(=O)OC(COC(=O)CCCCCCC/C=C\CCCCCC)COC(OCC[N+](C)(C)C)C(=O)[O-]. The van der Waals surface area contributed by atoms with E-state index in [4.69, 9.17) is 18.9 Å². The van der Waals surface area contributed by atoms with E-state index < -0.39 is 24.3 Å². The van der Waals surface area contributed by atoms with Crippen molar-refractivity contribution in [2.45, 2.75) is 155 Å². The Balaban J connectivity index is 4.60. The number of carbonyl (C=O) groups excluding carboxylic acids is 3. The molecule has 0 radical (unpaired) electrons. The number of carboxylic acids is 1. The lowest BCUT2D eigenvalue weighted by Gasteiger charge is -2.26. The van der Waals surface area contributed by atoms with Crippen LogP contribution in [0.3, 0.4) is 0 Å². The van der Waals surface area contributed by atoms with Crippen LogP contribution in [0.1, 0.15) is 142 Å². The van der Waals surface area contributed by atoms with Crippen LogP contribution in [0.25, 0.3) is 0 Å². The van der Waals surface area contributed by atoms with Crippen molar-refractivity contribution in [3.05, 3.63) is 48.6 Å². The van der Waals surface area contributed by atoms with Crippen LogP contribution in [-0.4, -0.2) is 82.3 Å². The zero-order chi connectivity index (χ0) is 37.8. The van der Waals surface area contributed by atoms with E-state index in [1.807, 2.05) is 21.1 Å². The van der Waals surface area contributed by atoms with Gasteiger partial charge in [0.05, 0.1) is 40.3 Å². The van der Waals surface area contributed by atoms with Gasteiger partial charge in [-0.25, -0.2) is 0 Å².